The lowest BCUT2D eigenvalue weighted by atomic mass is 10.00. The molecule has 0 bridgehead atoms. The zero-order valence-corrected chi connectivity index (χ0v) is 21.0. The molecule has 3 aromatic carbocycles. The first-order valence-electron chi connectivity index (χ1n) is 10.8. The van der Waals surface area contributed by atoms with Gasteiger partial charge in [0.1, 0.15) is 5.84 Å². The smallest absolute Gasteiger partial charge is 0.264 e. The number of para-hydroxylation sites is 1. The van der Waals surface area contributed by atoms with Gasteiger partial charge in [0.15, 0.2) is 5.78 Å². The van der Waals surface area contributed by atoms with Crippen LogP contribution in [0.25, 0.3) is 10.9 Å². The summed E-state index contributed by atoms with van der Waals surface area (Å²) in [7, 11) is -2.24. The third-order valence-electron chi connectivity index (χ3n) is 5.92. The van der Waals surface area contributed by atoms with E-state index in [1.54, 1.807) is 54.6 Å². The number of carbonyl (C=O) groups is 1. The monoisotopic (exact) mass is 510 g/mol. The van der Waals surface area contributed by atoms with Crippen molar-refractivity contribution in [1.82, 2.24) is 4.98 Å². The maximum atomic E-state index is 13.2. The van der Waals surface area contributed by atoms with Crippen LogP contribution in [0.5, 0.6) is 0 Å². The molecular formula is C26H27ClN4O3S. The molecule has 0 aliphatic heterocycles. The molecule has 4 N–H and O–H groups in total. The minimum Gasteiger partial charge on any atom is -0.384 e. The van der Waals surface area contributed by atoms with Crippen LogP contribution >= 0.6 is 12.4 Å². The third kappa shape index (κ3) is 5.23. The number of H-pyrrole nitrogens is 1. The molecule has 1 aromatic heterocycles. The normalized spacial score (nSPS) is 11.1. The van der Waals surface area contributed by atoms with Gasteiger partial charge in [0.05, 0.1) is 10.6 Å². The summed E-state index contributed by atoms with van der Waals surface area (Å²) in [5.41, 5.74) is 9.57. The number of hydrogen-bond acceptors (Lipinski definition) is 4. The summed E-state index contributed by atoms with van der Waals surface area (Å²) in [6.07, 6.45) is 0.863. The summed E-state index contributed by atoms with van der Waals surface area (Å²) in [5, 5.41) is 8.18. The van der Waals surface area contributed by atoms with Gasteiger partial charge >= 0.3 is 0 Å². The highest BCUT2D eigenvalue weighted by atomic mass is 35.5. The van der Waals surface area contributed by atoms with Crippen molar-refractivity contribution >= 4 is 50.6 Å². The minimum absolute atomic E-state index is 0. The Bertz CT molecular complexity index is 1480. The van der Waals surface area contributed by atoms with Crippen molar-refractivity contribution in [2.45, 2.75) is 24.7 Å². The number of aromatic amines is 1. The number of nitrogen functional groups attached to an aromatic ring is 1. The molecule has 0 amide bonds. The molecule has 0 aliphatic carbocycles. The number of Topliss-reactive ketones (excluding diaryl/α,β-unsaturated/α-hetero) is 1. The predicted molar refractivity (Wildman–Crippen MR) is 142 cm³/mol. The van der Waals surface area contributed by atoms with Crippen LogP contribution in [-0.4, -0.2) is 32.1 Å². The quantitative estimate of drug-likeness (QED) is 0.179. The molecule has 9 heteroatoms. The number of amidine groups is 1. The zero-order valence-electron chi connectivity index (χ0n) is 19.4. The van der Waals surface area contributed by atoms with Crippen molar-refractivity contribution in [3.8, 4) is 0 Å². The van der Waals surface area contributed by atoms with Crippen LogP contribution < -0.4 is 10.0 Å². The van der Waals surface area contributed by atoms with E-state index in [2.05, 4.69) is 4.98 Å². The maximum absolute atomic E-state index is 13.2. The first-order valence-corrected chi connectivity index (χ1v) is 12.3. The fourth-order valence-electron chi connectivity index (χ4n) is 4.00. The highest BCUT2D eigenvalue weighted by Gasteiger charge is 2.23. The molecule has 1 heterocycles. The molecule has 182 valence electrons. The van der Waals surface area contributed by atoms with E-state index in [1.807, 2.05) is 25.1 Å². The first kappa shape index (κ1) is 26.0. The van der Waals surface area contributed by atoms with Gasteiger partial charge in [-0.05, 0) is 43.2 Å². The van der Waals surface area contributed by atoms with E-state index in [-0.39, 0.29) is 28.9 Å². The molecule has 4 rings (SSSR count). The molecule has 0 fully saturated rings. The largest absolute Gasteiger partial charge is 0.384 e. The van der Waals surface area contributed by atoms with E-state index in [1.165, 1.54) is 11.4 Å². The van der Waals surface area contributed by atoms with E-state index in [0.29, 0.717) is 46.3 Å². The fourth-order valence-corrected chi connectivity index (χ4v) is 5.22. The topological polar surface area (TPSA) is 120 Å². The lowest BCUT2D eigenvalue weighted by Crippen LogP contribution is -2.26. The number of nitrogens with two attached hydrogens (primary N) is 1. The summed E-state index contributed by atoms with van der Waals surface area (Å²) in [6.45, 7) is 1.82. The summed E-state index contributed by atoms with van der Waals surface area (Å²) >= 11 is 0. The Hall–Kier alpha value is -3.62. The maximum Gasteiger partial charge on any atom is 0.264 e. The van der Waals surface area contributed by atoms with Crippen LogP contribution in [-0.2, 0) is 16.4 Å². The number of aryl methyl sites for hydroxylation is 2. The number of rotatable bonds is 8. The average molecular weight is 511 g/mol. The second kappa shape index (κ2) is 10.3. The number of fused-ring (bicyclic) bond motifs is 1. The Morgan fingerprint density at radius 1 is 1.03 bits per heavy atom. The number of nitrogens with zero attached hydrogens (tertiary/aromatic N) is 1. The molecule has 0 atom stereocenters. The summed E-state index contributed by atoms with van der Waals surface area (Å²) in [6, 6.07) is 21.0. The highest BCUT2D eigenvalue weighted by Crippen LogP contribution is 2.29. The molecule has 35 heavy (non-hydrogen) atoms. The van der Waals surface area contributed by atoms with Gasteiger partial charge in [0.25, 0.3) is 10.0 Å². The number of benzene rings is 3. The van der Waals surface area contributed by atoms with E-state index in [9.17, 15) is 13.2 Å². The van der Waals surface area contributed by atoms with E-state index < -0.39 is 10.0 Å². The number of nitrogens with one attached hydrogen (secondary N) is 2. The molecule has 0 radical (unpaired) electrons. The molecule has 0 aliphatic rings. The standard InChI is InChI=1S/C26H26N4O3S.ClH/c1-17-25(24(31)15-10-18-8-11-19(12-9-18)26(27)28)22-14-13-21(16-23(22)29-17)34(32,33)30(2)20-6-4-3-5-7-20;/h3-9,11-14,16,29H,10,15H2,1-2H3,(H3,27,28);1H. The van der Waals surface area contributed by atoms with Crippen LogP contribution in [0.4, 0.5) is 5.69 Å². The van der Waals surface area contributed by atoms with Gasteiger partial charge in [0, 0.05) is 41.2 Å². The van der Waals surface area contributed by atoms with Crippen LogP contribution in [0, 0.1) is 12.3 Å². The minimum atomic E-state index is -3.76. The first-order chi connectivity index (χ1) is 16.2. The molecule has 0 spiro atoms. The Kier molecular flexibility index (Phi) is 7.67. The predicted octanol–water partition coefficient (Wildman–Crippen LogP) is 4.82. The zero-order chi connectivity index (χ0) is 24.5. The van der Waals surface area contributed by atoms with Crippen LogP contribution in [0.1, 0.15) is 33.6 Å². The van der Waals surface area contributed by atoms with Gasteiger partial charge in [-0.2, -0.15) is 0 Å². The number of halogens is 1. The molecule has 0 unspecified atom stereocenters. The summed E-state index contributed by atoms with van der Waals surface area (Å²) in [5.74, 6) is -0.00945. The Balaban J connectivity index is 0.00000342. The second-order valence-electron chi connectivity index (χ2n) is 8.17. The lowest BCUT2D eigenvalue weighted by molar-refractivity contribution is 0.0984. The Morgan fingerprint density at radius 3 is 2.31 bits per heavy atom. The van der Waals surface area contributed by atoms with Gasteiger partial charge in [0.2, 0.25) is 0 Å². The molecule has 7 nitrogen and oxygen atoms in total. The van der Waals surface area contributed by atoms with Gasteiger partial charge in [-0.1, -0.05) is 48.5 Å². The van der Waals surface area contributed by atoms with Crippen molar-refractivity contribution in [3.63, 3.8) is 0 Å². The lowest BCUT2D eigenvalue weighted by Gasteiger charge is -2.19. The van der Waals surface area contributed by atoms with Gasteiger partial charge in [-0.3, -0.25) is 14.5 Å². The van der Waals surface area contributed by atoms with E-state index in [0.717, 1.165) is 5.56 Å². The van der Waals surface area contributed by atoms with Gasteiger partial charge in [-0.15, -0.1) is 12.4 Å². The number of sulfonamides is 1. The molecule has 4 aromatic rings. The van der Waals surface area contributed by atoms with E-state index in [4.69, 9.17) is 11.1 Å². The van der Waals surface area contributed by atoms with Gasteiger partial charge in [-0.25, -0.2) is 8.42 Å². The highest BCUT2D eigenvalue weighted by molar-refractivity contribution is 7.92. The van der Waals surface area contributed by atoms with Crippen molar-refractivity contribution in [2.24, 2.45) is 5.73 Å². The second-order valence-corrected chi connectivity index (χ2v) is 10.1. The fraction of sp³-hybridized carbons (Fsp3) is 0.154. The van der Waals surface area contributed by atoms with Crippen molar-refractivity contribution < 1.29 is 13.2 Å². The van der Waals surface area contributed by atoms with Crippen LogP contribution in [0.3, 0.4) is 0 Å². The third-order valence-corrected chi connectivity index (χ3v) is 7.70. The van der Waals surface area contributed by atoms with Crippen molar-refractivity contribution in [2.75, 3.05) is 11.4 Å². The number of carbonyl (C=O) groups excluding carboxylic acids is 1. The molecule has 0 saturated carbocycles. The number of anilines is 1. The average Bonchev–Trinajstić information content (AvgIpc) is 3.17. The van der Waals surface area contributed by atoms with Gasteiger partial charge < -0.3 is 10.7 Å². The number of aromatic nitrogens is 1. The number of ketones is 1. The Morgan fingerprint density at radius 2 is 1.69 bits per heavy atom. The van der Waals surface area contributed by atoms with Crippen molar-refractivity contribution in [1.29, 1.82) is 5.41 Å². The SMILES string of the molecule is Cc1[nH]c2cc(S(=O)(=O)N(C)c3ccccc3)ccc2c1C(=O)CCc1ccc(C(=N)N)cc1.Cl. The summed E-state index contributed by atoms with van der Waals surface area (Å²) < 4.78 is 27.5. The molecule has 0 saturated heterocycles. The summed E-state index contributed by atoms with van der Waals surface area (Å²) in [4.78, 5) is 16.4. The van der Waals surface area contributed by atoms with E-state index >= 15 is 0 Å². The van der Waals surface area contributed by atoms with Crippen molar-refractivity contribution in [3.05, 3.63) is 95.2 Å². The van der Waals surface area contributed by atoms with Crippen LogP contribution in [0.15, 0.2) is 77.7 Å². The van der Waals surface area contributed by atoms with Crippen LogP contribution in [0.2, 0.25) is 0 Å². The molecular weight excluding hydrogens is 484 g/mol. The number of hydrogen-bond donors (Lipinski definition) is 3. The Labute approximate surface area is 210 Å².